The Morgan fingerprint density at radius 1 is 1.16 bits per heavy atom. The molecule has 4 heterocycles. The van der Waals surface area contributed by atoms with Gasteiger partial charge in [-0.25, -0.2) is 18.7 Å². The van der Waals surface area contributed by atoms with Gasteiger partial charge in [-0.1, -0.05) is 0 Å². The van der Waals surface area contributed by atoms with Crippen LogP contribution in [0.25, 0.3) is 0 Å². The number of piperidine rings is 1. The van der Waals surface area contributed by atoms with Crippen LogP contribution < -0.4 is 0 Å². The number of hydrogen-bond donors (Lipinski definition) is 0. The Bertz CT molecular complexity index is 1030. The molecule has 1 aromatic carbocycles. The number of rotatable bonds is 2. The molecule has 7 nitrogen and oxygen atoms in total. The number of carbonyl (C=O) groups excluding carboxylic acids is 2. The monoisotopic (exact) mass is 428 g/mol. The first-order valence-corrected chi connectivity index (χ1v) is 10.4. The molecule has 0 saturated carbocycles. The molecule has 0 aliphatic carbocycles. The molecule has 2 atom stereocenters. The second kappa shape index (κ2) is 7.33. The molecule has 0 bridgehead atoms. The van der Waals surface area contributed by atoms with Crippen molar-refractivity contribution < 1.29 is 23.1 Å². The minimum atomic E-state index is -0.992. The van der Waals surface area contributed by atoms with Crippen molar-refractivity contribution in [2.45, 2.75) is 50.5 Å². The number of amides is 2. The lowest BCUT2D eigenvalue weighted by Gasteiger charge is -2.37. The number of halogens is 2. The molecule has 162 valence electrons. The van der Waals surface area contributed by atoms with E-state index in [0.29, 0.717) is 55.9 Å². The molecule has 31 heavy (non-hydrogen) atoms. The summed E-state index contributed by atoms with van der Waals surface area (Å²) in [4.78, 5) is 37.7. The molecule has 0 N–H and O–H groups in total. The first kappa shape index (κ1) is 20.0. The lowest BCUT2D eigenvalue weighted by molar-refractivity contribution is -0.142. The minimum absolute atomic E-state index is 0.158. The van der Waals surface area contributed by atoms with Crippen molar-refractivity contribution in [3.8, 4) is 0 Å². The molecular formula is C22H22F2N4O3. The number of benzene rings is 1. The second-order valence-electron chi connectivity index (χ2n) is 8.36. The highest BCUT2D eigenvalue weighted by atomic mass is 19.1. The smallest absolute Gasteiger partial charge is 0.272 e. The van der Waals surface area contributed by atoms with Crippen LogP contribution in [0.4, 0.5) is 8.78 Å². The third-order valence-electron chi connectivity index (χ3n) is 6.44. The van der Waals surface area contributed by atoms with Crippen LogP contribution in [0.1, 0.15) is 53.6 Å². The maximum atomic E-state index is 13.7. The standard InChI is InChI=1S/C22H22F2N4O3/c1-13-25-7-4-17(26-13)20(29)27-8-5-22(6-9-27)21(30)28-18(2-3-19(28)31-22)14-10-15(23)12-16(24)11-14/h4,7,10-12,18-19H,2-3,5-6,8-9H2,1H3. The second-order valence-corrected chi connectivity index (χ2v) is 8.36. The van der Waals surface area contributed by atoms with Gasteiger partial charge in [-0.2, -0.15) is 0 Å². The lowest BCUT2D eigenvalue weighted by Crippen LogP contribution is -2.51. The van der Waals surface area contributed by atoms with Gasteiger partial charge in [-0.05, 0) is 43.5 Å². The zero-order valence-corrected chi connectivity index (χ0v) is 17.1. The van der Waals surface area contributed by atoms with Crippen LogP contribution in [0.3, 0.4) is 0 Å². The molecule has 1 aromatic heterocycles. The molecule has 3 aliphatic rings. The maximum absolute atomic E-state index is 13.7. The highest BCUT2D eigenvalue weighted by Gasteiger charge is 2.58. The van der Waals surface area contributed by atoms with Crippen LogP contribution >= 0.6 is 0 Å². The summed E-state index contributed by atoms with van der Waals surface area (Å²) in [6.07, 6.45) is 3.09. The molecule has 2 unspecified atom stereocenters. The van der Waals surface area contributed by atoms with Crippen LogP contribution in [0.5, 0.6) is 0 Å². The number of aromatic nitrogens is 2. The fraction of sp³-hybridized carbons (Fsp3) is 0.455. The largest absolute Gasteiger partial charge is 0.342 e. The van der Waals surface area contributed by atoms with E-state index in [4.69, 9.17) is 4.74 Å². The van der Waals surface area contributed by atoms with E-state index >= 15 is 0 Å². The number of hydrogen-bond acceptors (Lipinski definition) is 5. The van der Waals surface area contributed by atoms with Gasteiger partial charge < -0.3 is 14.5 Å². The van der Waals surface area contributed by atoms with Crippen LogP contribution in [0.2, 0.25) is 0 Å². The summed E-state index contributed by atoms with van der Waals surface area (Å²) in [6.45, 7) is 2.46. The molecule has 1 spiro atoms. The number of carbonyl (C=O) groups is 2. The molecule has 2 aromatic rings. The minimum Gasteiger partial charge on any atom is -0.342 e. The Balaban J connectivity index is 1.32. The van der Waals surface area contributed by atoms with Gasteiger partial charge in [-0.15, -0.1) is 0 Å². The first-order valence-electron chi connectivity index (χ1n) is 10.4. The number of ether oxygens (including phenoxy) is 1. The van der Waals surface area contributed by atoms with Crippen LogP contribution in [0.15, 0.2) is 30.5 Å². The van der Waals surface area contributed by atoms with E-state index in [0.717, 1.165) is 6.07 Å². The molecule has 9 heteroatoms. The Labute approximate surface area is 178 Å². The predicted molar refractivity (Wildman–Crippen MR) is 105 cm³/mol. The van der Waals surface area contributed by atoms with Crippen LogP contribution in [-0.2, 0) is 9.53 Å². The normalized spacial score (nSPS) is 24.7. The molecule has 3 saturated heterocycles. The number of nitrogens with zero attached hydrogens (tertiary/aromatic N) is 4. The van der Waals surface area contributed by atoms with E-state index in [2.05, 4.69) is 9.97 Å². The van der Waals surface area contributed by atoms with Gasteiger partial charge in [0.25, 0.3) is 11.8 Å². The van der Waals surface area contributed by atoms with Crippen molar-refractivity contribution >= 4 is 11.8 Å². The highest BCUT2D eigenvalue weighted by molar-refractivity contribution is 5.93. The zero-order valence-electron chi connectivity index (χ0n) is 17.1. The number of aryl methyl sites for hydroxylation is 1. The van der Waals surface area contributed by atoms with E-state index in [1.54, 1.807) is 29.0 Å². The average molecular weight is 428 g/mol. The molecule has 3 fully saturated rings. The fourth-order valence-corrected chi connectivity index (χ4v) is 4.95. The lowest BCUT2D eigenvalue weighted by atomic mass is 9.89. The predicted octanol–water partition coefficient (Wildman–Crippen LogP) is 2.76. The number of likely N-dealkylation sites (tertiary alicyclic amines) is 1. The topological polar surface area (TPSA) is 75.6 Å². The zero-order chi connectivity index (χ0) is 21.8. The Kier molecular flexibility index (Phi) is 4.73. The van der Waals surface area contributed by atoms with Gasteiger partial charge in [0.15, 0.2) is 5.60 Å². The van der Waals surface area contributed by atoms with E-state index in [1.165, 1.54) is 12.1 Å². The van der Waals surface area contributed by atoms with Gasteiger partial charge in [-0.3, -0.25) is 9.59 Å². The SMILES string of the molecule is Cc1nccc(C(=O)N2CCC3(CC2)OC2CCC(c4cc(F)cc(F)c4)N2C3=O)n1. The van der Waals surface area contributed by atoms with E-state index in [9.17, 15) is 18.4 Å². The van der Waals surface area contributed by atoms with Gasteiger partial charge in [0.05, 0.1) is 6.04 Å². The van der Waals surface area contributed by atoms with Gasteiger partial charge in [0.2, 0.25) is 0 Å². The number of fused-ring (bicyclic) bond motifs is 1. The van der Waals surface area contributed by atoms with E-state index < -0.39 is 29.5 Å². The van der Waals surface area contributed by atoms with Crippen molar-refractivity contribution in [3.05, 3.63) is 59.2 Å². The average Bonchev–Trinajstić information content (AvgIpc) is 3.26. The molecule has 5 rings (SSSR count). The Morgan fingerprint density at radius 2 is 1.87 bits per heavy atom. The fourth-order valence-electron chi connectivity index (χ4n) is 4.95. The molecule has 0 radical (unpaired) electrons. The maximum Gasteiger partial charge on any atom is 0.272 e. The summed E-state index contributed by atoms with van der Waals surface area (Å²) in [5, 5.41) is 0. The van der Waals surface area contributed by atoms with Crippen molar-refractivity contribution in [2.75, 3.05) is 13.1 Å². The van der Waals surface area contributed by atoms with Crippen molar-refractivity contribution in [1.29, 1.82) is 0 Å². The quantitative estimate of drug-likeness (QED) is 0.735. The Hall–Kier alpha value is -2.94. The molecular weight excluding hydrogens is 406 g/mol. The summed E-state index contributed by atoms with van der Waals surface area (Å²) in [6, 6.07) is 4.55. The third kappa shape index (κ3) is 3.37. The summed E-state index contributed by atoms with van der Waals surface area (Å²) < 4.78 is 33.7. The van der Waals surface area contributed by atoms with Crippen molar-refractivity contribution in [1.82, 2.24) is 19.8 Å². The molecule has 3 aliphatic heterocycles. The van der Waals surface area contributed by atoms with Gasteiger partial charge in [0, 0.05) is 38.2 Å². The van der Waals surface area contributed by atoms with Crippen LogP contribution in [-0.4, -0.2) is 56.5 Å². The van der Waals surface area contributed by atoms with Crippen molar-refractivity contribution in [2.24, 2.45) is 0 Å². The summed E-state index contributed by atoms with van der Waals surface area (Å²) in [7, 11) is 0. The van der Waals surface area contributed by atoms with Gasteiger partial charge >= 0.3 is 0 Å². The Morgan fingerprint density at radius 3 is 2.55 bits per heavy atom. The third-order valence-corrected chi connectivity index (χ3v) is 6.44. The van der Waals surface area contributed by atoms with E-state index in [-0.39, 0.29) is 11.8 Å². The summed E-state index contributed by atoms with van der Waals surface area (Å²) in [5.74, 6) is -1.15. The molecule has 2 amide bonds. The van der Waals surface area contributed by atoms with Gasteiger partial charge in [0.1, 0.15) is 29.4 Å². The van der Waals surface area contributed by atoms with E-state index in [1.807, 2.05) is 0 Å². The summed E-state index contributed by atoms with van der Waals surface area (Å²) >= 11 is 0. The highest BCUT2D eigenvalue weighted by Crippen LogP contribution is 2.47. The van der Waals surface area contributed by atoms with Crippen molar-refractivity contribution in [3.63, 3.8) is 0 Å². The first-order chi connectivity index (χ1) is 14.9. The summed E-state index contributed by atoms with van der Waals surface area (Å²) in [5.41, 5.74) is -0.218. The van der Waals surface area contributed by atoms with Crippen LogP contribution in [0, 0.1) is 18.6 Å².